The van der Waals surface area contributed by atoms with Gasteiger partial charge in [0.15, 0.2) is 0 Å². The van der Waals surface area contributed by atoms with Gasteiger partial charge < -0.3 is 9.84 Å². The Morgan fingerprint density at radius 1 is 0.971 bits per heavy atom. The first kappa shape index (κ1) is 23.4. The normalized spacial score (nSPS) is 13.6. The van der Waals surface area contributed by atoms with Crippen LogP contribution in [0.1, 0.15) is 22.4 Å². The van der Waals surface area contributed by atoms with Gasteiger partial charge in [0.2, 0.25) is 6.10 Å². The first-order chi connectivity index (χ1) is 16.5. The van der Waals surface area contributed by atoms with E-state index in [1.54, 1.807) is 25.1 Å². The molecule has 4 aromatic rings. The molecule has 0 radical (unpaired) electrons. The standard InChI is InChI=1S/C27H23FN2O3S/c1-19-16-17-29-26(30-19)33-24(25(31)32)27(21-10-6-3-7-11-21,22-12-14-23(28)15-13-22)34-18-20-8-4-2-5-9-20/h2-17,24H,18H2,1H3,(H,31,32)/t24-,27-/m0/s1. The zero-order chi connectivity index (χ0) is 24.0. The fourth-order valence-electron chi connectivity index (χ4n) is 3.76. The van der Waals surface area contributed by atoms with Crippen molar-refractivity contribution in [3.05, 3.63) is 125 Å². The number of halogens is 1. The van der Waals surface area contributed by atoms with E-state index in [0.717, 1.165) is 5.56 Å². The molecule has 0 unspecified atom stereocenters. The molecule has 34 heavy (non-hydrogen) atoms. The Bertz CT molecular complexity index is 1240. The van der Waals surface area contributed by atoms with E-state index in [1.165, 1.54) is 30.1 Å². The molecule has 4 rings (SSSR count). The first-order valence-electron chi connectivity index (χ1n) is 10.7. The number of thioether (sulfide) groups is 1. The van der Waals surface area contributed by atoms with E-state index in [2.05, 4.69) is 9.97 Å². The van der Waals surface area contributed by atoms with Gasteiger partial charge in [-0.3, -0.25) is 0 Å². The number of aliphatic carboxylic acids is 1. The summed E-state index contributed by atoms with van der Waals surface area (Å²) >= 11 is 1.41. The molecule has 0 aliphatic heterocycles. The monoisotopic (exact) mass is 474 g/mol. The minimum absolute atomic E-state index is 0.0323. The van der Waals surface area contributed by atoms with Crippen LogP contribution >= 0.6 is 11.8 Å². The average molecular weight is 475 g/mol. The lowest BCUT2D eigenvalue weighted by atomic mass is 9.85. The summed E-state index contributed by atoms with van der Waals surface area (Å²) in [6, 6.07) is 26.6. The molecule has 0 aliphatic rings. The van der Waals surface area contributed by atoms with Crippen molar-refractivity contribution in [3.8, 4) is 6.01 Å². The number of aryl methyl sites for hydroxylation is 1. The zero-order valence-electron chi connectivity index (χ0n) is 18.5. The number of rotatable bonds is 9. The number of carbonyl (C=O) groups is 1. The maximum atomic E-state index is 13.9. The highest BCUT2D eigenvalue weighted by Gasteiger charge is 2.49. The van der Waals surface area contributed by atoms with Gasteiger partial charge in [-0.1, -0.05) is 72.8 Å². The Morgan fingerprint density at radius 2 is 1.59 bits per heavy atom. The average Bonchev–Trinajstić information content (AvgIpc) is 2.86. The van der Waals surface area contributed by atoms with Crippen LogP contribution in [-0.4, -0.2) is 27.1 Å². The summed E-state index contributed by atoms with van der Waals surface area (Å²) in [5, 5.41) is 10.4. The molecule has 0 fully saturated rings. The lowest BCUT2D eigenvalue weighted by molar-refractivity contribution is -0.146. The molecule has 0 aliphatic carbocycles. The molecule has 0 bridgehead atoms. The molecule has 7 heteroatoms. The summed E-state index contributed by atoms with van der Waals surface area (Å²) in [7, 11) is 0. The number of benzene rings is 3. The number of aromatic nitrogens is 2. The van der Waals surface area contributed by atoms with E-state index in [1.807, 2.05) is 60.7 Å². The van der Waals surface area contributed by atoms with Crippen LogP contribution in [0.25, 0.3) is 0 Å². The van der Waals surface area contributed by atoms with Crippen LogP contribution in [0.4, 0.5) is 4.39 Å². The van der Waals surface area contributed by atoms with Crippen molar-refractivity contribution in [1.82, 2.24) is 9.97 Å². The summed E-state index contributed by atoms with van der Waals surface area (Å²) in [5.74, 6) is -1.10. The second-order valence-corrected chi connectivity index (χ2v) is 8.92. The molecule has 0 spiro atoms. The highest BCUT2D eigenvalue weighted by atomic mass is 32.2. The Balaban J connectivity index is 1.90. The van der Waals surface area contributed by atoms with Crippen LogP contribution in [-0.2, 0) is 15.3 Å². The molecule has 2 atom stereocenters. The highest BCUT2D eigenvalue weighted by molar-refractivity contribution is 7.99. The number of carboxylic acid groups (broad SMARTS) is 1. The molecular weight excluding hydrogens is 451 g/mol. The van der Waals surface area contributed by atoms with E-state index in [9.17, 15) is 14.3 Å². The molecule has 172 valence electrons. The van der Waals surface area contributed by atoms with E-state index in [4.69, 9.17) is 4.74 Å². The van der Waals surface area contributed by atoms with E-state index < -0.39 is 22.6 Å². The highest BCUT2D eigenvalue weighted by Crippen LogP contribution is 2.48. The van der Waals surface area contributed by atoms with Crippen LogP contribution in [0.3, 0.4) is 0 Å². The Kier molecular flexibility index (Phi) is 7.23. The van der Waals surface area contributed by atoms with Gasteiger partial charge in [0, 0.05) is 17.6 Å². The topological polar surface area (TPSA) is 72.3 Å². The Hall–Kier alpha value is -3.71. The third-order valence-electron chi connectivity index (χ3n) is 5.37. The quantitative estimate of drug-likeness (QED) is 0.339. The van der Waals surface area contributed by atoms with Crippen LogP contribution < -0.4 is 4.74 Å². The molecule has 1 N–H and O–H groups in total. The van der Waals surface area contributed by atoms with Crippen molar-refractivity contribution in [1.29, 1.82) is 0 Å². The van der Waals surface area contributed by atoms with E-state index in [0.29, 0.717) is 22.6 Å². The van der Waals surface area contributed by atoms with Gasteiger partial charge in [-0.05, 0) is 41.8 Å². The zero-order valence-corrected chi connectivity index (χ0v) is 19.3. The van der Waals surface area contributed by atoms with Crippen LogP contribution in [0, 0.1) is 12.7 Å². The van der Waals surface area contributed by atoms with E-state index >= 15 is 0 Å². The summed E-state index contributed by atoms with van der Waals surface area (Å²) < 4.78 is 18.7. The maximum Gasteiger partial charge on any atom is 0.347 e. The lowest BCUT2D eigenvalue weighted by Crippen LogP contribution is -2.47. The number of hydrogen-bond acceptors (Lipinski definition) is 5. The van der Waals surface area contributed by atoms with Gasteiger partial charge in [-0.2, -0.15) is 0 Å². The largest absolute Gasteiger partial charge is 0.478 e. The van der Waals surface area contributed by atoms with Crippen LogP contribution in [0.5, 0.6) is 6.01 Å². The molecule has 5 nitrogen and oxygen atoms in total. The number of nitrogens with zero attached hydrogens (tertiary/aromatic N) is 2. The minimum atomic E-state index is -1.41. The van der Waals surface area contributed by atoms with Crippen LogP contribution in [0.15, 0.2) is 97.2 Å². The molecule has 0 saturated heterocycles. The number of ether oxygens (including phenoxy) is 1. The van der Waals surface area contributed by atoms with E-state index in [-0.39, 0.29) is 6.01 Å². The summed E-state index contributed by atoms with van der Waals surface area (Å²) in [6.45, 7) is 1.78. The molecule has 0 amide bonds. The summed E-state index contributed by atoms with van der Waals surface area (Å²) in [6.07, 6.45) is 0.117. The van der Waals surface area contributed by atoms with Crippen molar-refractivity contribution in [2.45, 2.75) is 23.5 Å². The third kappa shape index (κ3) is 5.10. The fourth-order valence-corrected chi connectivity index (χ4v) is 5.25. The van der Waals surface area contributed by atoms with Gasteiger partial charge in [0.05, 0.1) is 0 Å². The van der Waals surface area contributed by atoms with Crippen molar-refractivity contribution < 1.29 is 19.0 Å². The van der Waals surface area contributed by atoms with Crippen molar-refractivity contribution in [2.24, 2.45) is 0 Å². The Morgan fingerprint density at radius 3 is 2.21 bits per heavy atom. The number of hydrogen-bond donors (Lipinski definition) is 1. The van der Waals surface area contributed by atoms with Crippen molar-refractivity contribution in [3.63, 3.8) is 0 Å². The molecule has 3 aromatic carbocycles. The van der Waals surface area contributed by atoms with Gasteiger partial charge in [-0.15, -0.1) is 11.8 Å². The first-order valence-corrected chi connectivity index (χ1v) is 11.7. The molecule has 1 aromatic heterocycles. The molecular formula is C27H23FN2O3S. The second-order valence-electron chi connectivity index (χ2n) is 7.70. The van der Waals surface area contributed by atoms with Gasteiger partial charge in [-0.25, -0.2) is 19.2 Å². The third-order valence-corrected chi connectivity index (χ3v) is 6.99. The fraction of sp³-hybridized carbons (Fsp3) is 0.148. The molecule has 0 saturated carbocycles. The molecule has 1 heterocycles. The lowest BCUT2D eigenvalue weighted by Gasteiger charge is -2.38. The number of carboxylic acids is 1. The predicted molar refractivity (Wildman–Crippen MR) is 130 cm³/mol. The maximum absolute atomic E-state index is 13.9. The van der Waals surface area contributed by atoms with Gasteiger partial charge in [0.25, 0.3) is 0 Å². The predicted octanol–water partition coefficient (Wildman–Crippen LogP) is 5.63. The van der Waals surface area contributed by atoms with Crippen molar-refractivity contribution in [2.75, 3.05) is 0 Å². The SMILES string of the molecule is Cc1ccnc(O[C@@H](C(=O)O)[C@](SCc2ccccc2)(c2ccccc2)c2ccc(F)cc2)n1. The van der Waals surface area contributed by atoms with Gasteiger partial charge in [0.1, 0.15) is 10.6 Å². The van der Waals surface area contributed by atoms with Crippen LogP contribution in [0.2, 0.25) is 0 Å². The second kappa shape index (κ2) is 10.5. The van der Waals surface area contributed by atoms with Gasteiger partial charge >= 0.3 is 12.0 Å². The smallest absolute Gasteiger partial charge is 0.347 e. The van der Waals surface area contributed by atoms with Crippen molar-refractivity contribution >= 4 is 17.7 Å². The Labute approximate surface area is 201 Å². The minimum Gasteiger partial charge on any atom is -0.478 e. The summed E-state index contributed by atoms with van der Waals surface area (Å²) in [4.78, 5) is 21.2. The summed E-state index contributed by atoms with van der Waals surface area (Å²) in [5.41, 5.74) is 2.98.